The fourth-order valence-electron chi connectivity index (χ4n) is 1.93. The lowest BCUT2D eigenvalue weighted by Gasteiger charge is -2.20. The molecule has 1 unspecified atom stereocenters. The van der Waals surface area contributed by atoms with E-state index in [1.807, 2.05) is 25.3 Å². The third-order valence-corrected chi connectivity index (χ3v) is 5.05. The number of carbonyl (C=O) groups is 1. The van der Waals surface area contributed by atoms with Gasteiger partial charge in [0.2, 0.25) is 5.91 Å². The highest BCUT2D eigenvalue weighted by atomic mass is 32.2. The summed E-state index contributed by atoms with van der Waals surface area (Å²) in [5.41, 5.74) is 1.28. The van der Waals surface area contributed by atoms with Crippen LogP contribution in [0.1, 0.15) is 6.92 Å². The number of thioether (sulfide) groups is 1. The maximum Gasteiger partial charge on any atom is 0.231 e. The van der Waals surface area contributed by atoms with E-state index in [0.29, 0.717) is 10.6 Å². The van der Waals surface area contributed by atoms with Crippen LogP contribution in [0.5, 0.6) is 0 Å². The van der Waals surface area contributed by atoms with Crippen LogP contribution < -0.4 is 10.5 Å². The van der Waals surface area contributed by atoms with Gasteiger partial charge in [0, 0.05) is 42.3 Å². The number of aromatic nitrogens is 2. The summed E-state index contributed by atoms with van der Waals surface area (Å²) in [5, 5.41) is 1.46. The molecular weight excluding hydrogens is 301 g/mol. The minimum Gasteiger partial charge on any atom is -0.306 e. The highest BCUT2D eigenvalue weighted by Gasteiger charge is 2.22. The standard InChI is InChI=1S/C14H16BN3OS2/c1-9(8-20-3)13(19)18(2)14-11(15)17-12(21-14)10-5-4-6-16-7-10/h4-7,9H,8H2,1-3H3. The van der Waals surface area contributed by atoms with Crippen LogP contribution in [0.15, 0.2) is 24.5 Å². The molecule has 2 aromatic rings. The Hall–Kier alpha value is -1.34. The third-order valence-electron chi connectivity index (χ3n) is 3.02. The van der Waals surface area contributed by atoms with Crippen LogP contribution in [0.4, 0.5) is 5.00 Å². The van der Waals surface area contributed by atoms with Crippen molar-refractivity contribution in [3.05, 3.63) is 24.5 Å². The molecule has 0 aromatic carbocycles. The normalized spacial score (nSPS) is 12.1. The molecule has 1 amide bonds. The van der Waals surface area contributed by atoms with E-state index in [-0.39, 0.29) is 11.8 Å². The molecule has 4 nitrogen and oxygen atoms in total. The van der Waals surface area contributed by atoms with E-state index in [1.165, 1.54) is 11.3 Å². The first kappa shape index (κ1) is 16.0. The topological polar surface area (TPSA) is 46.1 Å². The Morgan fingerprint density at radius 3 is 2.95 bits per heavy atom. The monoisotopic (exact) mass is 317 g/mol. The molecule has 0 aliphatic heterocycles. The summed E-state index contributed by atoms with van der Waals surface area (Å²) in [4.78, 5) is 22.4. The first-order valence-electron chi connectivity index (χ1n) is 6.47. The molecule has 0 saturated carbocycles. The number of rotatable bonds is 5. The van der Waals surface area contributed by atoms with Gasteiger partial charge in [0.25, 0.3) is 0 Å². The fourth-order valence-corrected chi connectivity index (χ4v) is 3.51. The molecule has 0 N–H and O–H groups in total. The van der Waals surface area contributed by atoms with Gasteiger partial charge in [-0.3, -0.25) is 14.8 Å². The second-order valence-corrected chi connectivity index (χ2v) is 6.59. The van der Waals surface area contributed by atoms with Crippen LogP contribution in [-0.2, 0) is 4.79 Å². The van der Waals surface area contributed by atoms with Crippen molar-refractivity contribution in [3.8, 4) is 10.6 Å². The Balaban J connectivity index is 2.25. The molecular formula is C14H16BN3OS2. The Bertz CT molecular complexity index is 618. The summed E-state index contributed by atoms with van der Waals surface area (Å²) in [5.74, 6) is 0.794. The Labute approximate surface area is 134 Å². The molecule has 108 valence electrons. The van der Waals surface area contributed by atoms with E-state index < -0.39 is 0 Å². The first-order valence-corrected chi connectivity index (χ1v) is 8.68. The number of hydrogen-bond donors (Lipinski definition) is 0. The molecule has 2 rings (SSSR count). The predicted octanol–water partition coefficient (Wildman–Crippen LogP) is 1.96. The van der Waals surface area contributed by atoms with Crippen LogP contribution >= 0.6 is 23.1 Å². The molecule has 21 heavy (non-hydrogen) atoms. The number of anilines is 1. The summed E-state index contributed by atoms with van der Waals surface area (Å²) >= 11 is 3.06. The van der Waals surface area contributed by atoms with Crippen molar-refractivity contribution in [3.63, 3.8) is 0 Å². The maximum atomic E-state index is 12.4. The first-order chi connectivity index (χ1) is 10.0. The number of pyridine rings is 1. The van der Waals surface area contributed by atoms with E-state index in [9.17, 15) is 4.79 Å². The lowest BCUT2D eigenvalue weighted by atomic mass is 10.1. The van der Waals surface area contributed by atoms with Gasteiger partial charge >= 0.3 is 0 Å². The van der Waals surface area contributed by atoms with Crippen molar-refractivity contribution in [1.29, 1.82) is 0 Å². The largest absolute Gasteiger partial charge is 0.306 e. The van der Waals surface area contributed by atoms with Crippen molar-refractivity contribution in [1.82, 2.24) is 9.97 Å². The van der Waals surface area contributed by atoms with Crippen molar-refractivity contribution < 1.29 is 4.79 Å². The molecule has 7 heteroatoms. The fraction of sp³-hybridized carbons (Fsp3) is 0.357. The van der Waals surface area contributed by atoms with Crippen molar-refractivity contribution >= 4 is 47.4 Å². The maximum absolute atomic E-state index is 12.4. The summed E-state index contributed by atoms with van der Waals surface area (Å²) in [7, 11) is 7.72. The molecule has 2 aromatic heterocycles. The highest BCUT2D eigenvalue weighted by Crippen LogP contribution is 2.28. The third kappa shape index (κ3) is 3.65. The molecule has 0 aliphatic rings. The summed E-state index contributed by atoms with van der Waals surface area (Å²) < 4.78 is 0. The SMILES string of the molecule is [B]c1nc(-c2cccnc2)sc1N(C)C(=O)C(C)CSC. The predicted molar refractivity (Wildman–Crippen MR) is 91.7 cm³/mol. The molecule has 0 spiro atoms. The zero-order chi connectivity index (χ0) is 15.4. The van der Waals surface area contributed by atoms with Gasteiger partial charge in [0.15, 0.2) is 0 Å². The molecule has 2 heterocycles. The van der Waals surface area contributed by atoms with E-state index >= 15 is 0 Å². The zero-order valence-corrected chi connectivity index (χ0v) is 13.9. The van der Waals surface area contributed by atoms with E-state index in [0.717, 1.165) is 16.3 Å². The second kappa shape index (κ2) is 7.09. The number of carbonyl (C=O) groups excluding carboxylic acids is 1. The van der Waals surface area contributed by atoms with E-state index in [4.69, 9.17) is 7.85 Å². The molecule has 2 radical (unpaired) electrons. The minimum absolute atomic E-state index is 0.0478. The lowest BCUT2D eigenvalue weighted by Crippen LogP contribution is -2.34. The number of nitrogens with zero attached hydrogens (tertiary/aromatic N) is 3. The highest BCUT2D eigenvalue weighted by molar-refractivity contribution is 7.98. The van der Waals surface area contributed by atoms with E-state index in [1.54, 1.807) is 36.1 Å². The van der Waals surface area contributed by atoms with Crippen LogP contribution in [0, 0.1) is 5.92 Å². The van der Waals surface area contributed by atoms with Crippen LogP contribution in [0.25, 0.3) is 10.6 Å². The molecule has 1 atom stereocenters. The van der Waals surface area contributed by atoms with Crippen LogP contribution in [-0.4, -0.2) is 42.8 Å². The van der Waals surface area contributed by atoms with Crippen molar-refractivity contribution in [2.75, 3.05) is 24.0 Å². The average molecular weight is 317 g/mol. The van der Waals surface area contributed by atoms with Gasteiger partial charge in [-0.15, -0.1) is 0 Å². The van der Waals surface area contributed by atoms with Crippen LogP contribution in [0.2, 0.25) is 0 Å². The zero-order valence-electron chi connectivity index (χ0n) is 12.2. The smallest absolute Gasteiger partial charge is 0.231 e. The Morgan fingerprint density at radius 1 is 1.57 bits per heavy atom. The van der Waals surface area contributed by atoms with Crippen molar-refractivity contribution in [2.24, 2.45) is 5.92 Å². The second-order valence-electron chi connectivity index (χ2n) is 4.70. The summed E-state index contributed by atoms with van der Waals surface area (Å²) in [6, 6.07) is 3.77. The Morgan fingerprint density at radius 2 is 2.33 bits per heavy atom. The molecule has 0 fully saturated rings. The lowest BCUT2D eigenvalue weighted by molar-refractivity contribution is -0.120. The minimum atomic E-state index is -0.0478. The van der Waals surface area contributed by atoms with Crippen molar-refractivity contribution in [2.45, 2.75) is 6.92 Å². The van der Waals surface area contributed by atoms with Gasteiger partial charge in [0.05, 0.1) is 0 Å². The summed E-state index contributed by atoms with van der Waals surface area (Å²) in [6.07, 6.45) is 5.44. The van der Waals surface area contributed by atoms with Gasteiger partial charge < -0.3 is 4.90 Å². The quantitative estimate of drug-likeness (QED) is 0.791. The van der Waals surface area contributed by atoms with Gasteiger partial charge in [-0.2, -0.15) is 11.8 Å². The van der Waals surface area contributed by atoms with Gasteiger partial charge in [-0.25, -0.2) is 0 Å². The number of hydrogen-bond acceptors (Lipinski definition) is 5. The van der Waals surface area contributed by atoms with Gasteiger partial charge in [-0.05, 0) is 18.4 Å². The molecule has 0 aliphatic carbocycles. The number of thiazole rings is 1. The Kier molecular flexibility index (Phi) is 5.42. The van der Waals surface area contributed by atoms with Crippen LogP contribution in [0.3, 0.4) is 0 Å². The average Bonchev–Trinajstić information content (AvgIpc) is 2.89. The molecule has 0 bridgehead atoms. The molecule has 0 saturated heterocycles. The van der Waals surface area contributed by atoms with E-state index in [2.05, 4.69) is 9.97 Å². The summed E-state index contributed by atoms with van der Waals surface area (Å²) in [6.45, 7) is 1.93. The number of amides is 1. The van der Waals surface area contributed by atoms with Gasteiger partial charge in [0.1, 0.15) is 17.9 Å². The van der Waals surface area contributed by atoms with Gasteiger partial charge in [-0.1, -0.05) is 18.3 Å².